The molecule has 0 saturated heterocycles. The molecule has 28 heavy (non-hydrogen) atoms. The first kappa shape index (κ1) is 20.5. The number of nitrogens with one attached hydrogen (secondary N) is 2. The summed E-state index contributed by atoms with van der Waals surface area (Å²) in [7, 11) is 0. The van der Waals surface area contributed by atoms with E-state index in [9.17, 15) is 0 Å². The smallest absolute Gasteiger partial charge is 0.0765 e. The molecule has 2 aromatic carbocycles. The summed E-state index contributed by atoms with van der Waals surface area (Å²) >= 11 is 12.1. The minimum atomic E-state index is 0.555. The summed E-state index contributed by atoms with van der Waals surface area (Å²) in [6, 6.07) is 12.2. The average molecular weight is 418 g/mol. The van der Waals surface area contributed by atoms with Crippen molar-refractivity contribution >= 4 is 51.8 Å². The zero-order valence-electron chi connectivity index (χ0n) is 15.6. The molecule has 148 valence electrons. The molecule has 0 bridgehead atoms. The van der Waals surface area contributed by atoms with E-state index in [-0.39, 0.29) is 0 Å². The molecule has 3 aromatic rings. The van der Waals surface area contributed by atoms with Gasteiger partial charge in [0.25, 0.3) is 0 Å². The summed E-state index contributed by atoms with van der Waals surface area (Å²) in [5.41, 5.74) is 16.5. The van der Waals surface area contributed by atoms with Crippen molar-refractivity contribution in [3.63, 3.8) is 0 Å². The van der Waals surface area contributed by atoms with E-state index in [0.29, 0.717) is 16.6 Å². The van der Waals surface area contributed by atoms with E-state index < -0.39 is 0 Å². The van der Waals surface area contributed by atoms with Gasteiger partial charge < -0.3 is 21.4 Å². The van der Waals surface area contributed by atoms with Gasteiger partial charge in [-0.15, -0.1) is 0 Å². The molecule has 1 aliphatic rings. The number of halogens is 2. The predicted octanol–water partition coefficient (Wildman–Crippen LogP) is 5.08. The molecule has 5 nitrogen and oxygen atoms in total. The van der Waals surface area contributed by atoms with Crippen LogP contribution in [0.1, 0.15) is 24.1 Å². The summed E-state index contributed by atoms with van der Waals surface area (Å²) in [5.74, 6) is 0. The van der Waals surface area contributed by atoms with Crippen LogP contribution in [-0.2, 0) is 19.4 Å². The Bertz CT molecular complexity index is 981. The second-order valence-electron chi connectivity index (χ2n) is 6.73. The maximum atomic E-state index is 6.12. The molecule has 0 unspecified atom stereocenters. The van der Waals surface area contributed by atoms with Crippen molar-refractivity contribution in [1.29, 1.82) is 5.41 Å². The van der Waals surface area contributed by atoms with E-state index in [1.807, 2.05) is 18.2 Å². The summed E-state index contributed by atoms with van der Waals surface area (Å²) in [6.07, 6.45) is 5.58. The summed E-state index contributed by atoms with van der Waals surface area (Å²) in [6.45, 7) is 1.55. The Labute approximate surface area is 175 Å². The number of benzene rings is 2. The number of fused-ring (bicyclic) bond motifs is 3. The summed E-state index contributed by atoms with van der Waals surface area (Å²) < 4.78 is 2.41. The zero-order valence-corrected chi connectivity index (χ0v) is 17.2. The van der Waals surface area contributed by atoms with Crippen molar-refractivity contribution in [1.82, 2.24) is 4.57 Å². The van der Waals surface area contributed by atoms with Gasteiger partial charge in [-0.3, -0.25) is 5.41 Å². The fourth-order valence-corrected chi connectivity index (χ4v) is 4.14. The molecule has 7 heteroatoms. The number of hydrogen-bond acceptors (Lipinski definition) is 3. The van der Waals surface area contributed by atoms with Crippen molar-refractivity contribution in [3.05, 3.63) is 57.7 Å². The molecule has 0 amide bonds. The van der Waals surface area contributed by atoms with E-state index in [4.69, 9.17) is 34.3 Å². The zero-order chi connectivity index (χ0) is 20.1. The van der Waals surface area contributed by atoms with Crippen molar-refractivity contribution in [2.24, 2.45) is 11.5 Å². The largest absolute Gasteiger partial charge is 0.390 e. The van der Waals surface area contributed by atoms with Crippen molar-refractivity contribution < 1.29 is 0 Å². The maximum Gasteiger partial charge on any atom is 0.0765 e. The minimum Gasteiger partial charge on any atom is -0.390 e. The number of anilines is 2. The Morgan fingerprint density at radius 3 is 2.43 bits per heavy atom. The fraction of sp³-hybridized carbons (Fsp3) is 0.286. The standard InChI is InChI=1S/C20H21Cl2N3.CH4N2/c21-17-7-5-14(12-18(17)22)24-13-6-8-20-16(11-13)15-3-1-2-4-19(15)25(20)10-9-23;2-1-3/h5-8,11-12,24H,1-4,9-10,23H2;1H,(H3,2,3). The third-order valence-electron chi connectivity index (χ3n) is 4.94. The van der Waals surface area contributed by atoms with Crippen LogP contribution in [0.4, 0.5) is 11.4 Å². The highest BCUT2D eigenvalue weighted by Crippen LogP contribution is 2.35. The molecule has 0 radical (unpaired) electrons. The van der Waals surface area contributed by atoms with E-state index >= 15 is 0 Å². The summed E-state index contributed by atoms with van der Waals surface area (Å²) in [5, 5.41) is 11.8. The molecule has 1 aromatic heterocycles. The quantitative estimate of drug-likeness (QED) is 0.352. The van der Waals surface area contributed by atoms with Crippen LogP contribution < -0.4 is 16.8 Å². The molecule has 6 N–H and O–H groups in total. The Kier molecular flexibility index (Phi) is 6.83. The lowest BCUT2D eigenvalue weighted by atomic mass is 9.95. The van der Waals surface area contributed by atoms with E-state index in [1.165, 1.54) is 35.0 Å². The second kappa shape index (κ2) is 9.32. The van der Waals surface area contributed by atoms with Crippen LogP contribution >= 0.6 is 23.2 Å². The van der Waals surface area contributed by atoms with Gasteiger partial charge in [0.2, 0.25) is 0 Å². The van der Waals surface area contributed by atoms with Crippen molar-refractivity contribution in [2.45, 2.75) is 32.2 Å². The molecule has 0 spiro atoms. The first-order chi connectivity index (χ1) is 13.6. The fourth-order valence-electron chi connectivity index (χ4n) is 3.84. The van der Waals surface area contributed by atoms with E-state index in [0.717, 1.165) is 37.1 Å². The summed E-state index contributed by atoms with van der Waals surface area (Å²) in [4.78, 5) is 0. The van der Waals surface area contributed by atoms with Crippen LogP contribution in [0, 0.1) is 5.41 Å². The molecule has 0 aliphatic heterocycles. The first-order valence-electron chi connectivity index (χ1n) is 9.35. The van der Waals surface area contributed by atoms with E-state index in [1.54, 1.807) is 0 Å². The van der Waals surface area contributed by atoms with Gasteiger partial charge >= 0.3 is 0 Å². The Balaban J connectivity index is 0.000000706. The number of nitrogens with two attached hydrogens (primary N) is 2. The Hall–Kier alpha value is -2.21. The van der Waals surface area contributed by atoms with Gasteiger partial charge in [-0.2, -0.15) is 0 Å². The lowest BCUT2D eigenvalue weighted by Crippen LogP contribution is -2.14. The number of hydrogen-bond donors (Lipinski definition) is 4. The second-order valence-corrected chi connectivity index (χ2v) is 7.54. The van der Waals surface area contributed by atoms with Gasteiger partial charge in [0.05, 0.1) is 16.4 Å². The van der Waals surface area contributed by atoms with Crippen LogP contribution in [-0.4, -0.2) is 17.5 Å². The topological polar surface area (TPSA) is 92.8 Å². The normalized spacial score (nSPS) is 12.8. The molecule has 0 fully saturated rings. The van der Waals surface area contributed by atoms with Gasteiger partial charge in [-0.1, -0.05) is 23.2 Å². The van der Waals surface area contributed by atoms with Crippen molar-refractivity contribution in [2.75, 3.05) is 11.9 Å². The number of aryl methyl sites for hydroxylation is 1. The molecule has 0 atom stereocenters. The predicted molar refractivity (Wildman–Crippen MR) is 120 cm³/mol. The minimum absolute atomic E-state index is 0.555. The monoisotopic (exact) mass is 417 g/mol. The third kappa shape index (κ3) is 4.27. The number of nitrogens with zero attached hydrogens (tertiary/aromatic N) is 1. The van der Waals surface area contributed by atoms with Crippen LogP contribution in [0.15, 0.2) is 36.4 Å². The molecular weight excluding hydrogens is 393 g/mol. The van der Waals surface area contributed by atoms with Crippen LogP contribution in [0.2, 0.25) is 10.0 Å². The molecule has 1 aliphatic carbocycles. The Morgan fingerprint density at radius 1 is 1.04 bits per heavy atom. The molecule has 1 heterocycles. The highest BCUT2D eigenvalue weighted by atomic mass is 35.5. The lowest BCUT2D eigenvalue weighted by molar-refractivity contribution is 0.617. The van der Waals surface area contributed by atoms with E-state index in [2.05, 4.69) is 33.8 Å². The first-order valence-corrected chi connectivity index (χ1v) is 10.1. The molecular formula is C21H25Cl2N5. The SMILES string of the molecule is N=CN.NCCn1c2c(c3cc(Nc4ccc(Cl)c(Cl)c4)ccc31)CCCC2. The third-order valence-corrected chi connectivity index (χ3v) is 5.68. The Morgan fingerprint density at radius 2 is 1.71 bits per heavy atom. The number of rotatable bonds is 4. The highest BCUT2D eigenvalue weighted by Gasteiger charge is 2.19. The maximum absolute atomic E-state index is 6.12. The van der Waals surface area contributed by atoms with Crippen LogP contribution in [0.5, 0.6) is 0 Å². The molecule has 4 rings (SSSR count). The van der Waals surface area contributed by atoms with Crippen molar-refractivity contribution in [3.8, 4) is 0 Å². The molecule has 0 saturated carbocycles. The number of aromatic nitrogens is 1. The van der Waals surface area contributed by atoms with Crippen LogP contribution in [0.3, 0.4) is 0 Å². The van der Waals surface area contributed by atoms with Crippen LogP contribution in [0.25, 0.3) is 10.9 Å². The average Bonchev–Trinajstić information content (AvgIpc) is 2.99. The van der Waals surface area contributed by atoms with Gasteiger partial charge in [0.15, 0.2) is 0 Å². The van der Waals surface area contributed by atoms with Gasteiger partial charge in [-0.05, 0) is 67.6 Å². The van der Waals surface area contributed by atoms with Gasteiger partial charge in [0, 0.05) is 41.1 Å². The van der Waals surface area contributed by atoms with Gasteiger partial charge in [-0.25, -0.2) is 0 Å². The van der Waals surface area contributed by atoms with Gasteiger partial charge in [0.1, 0.15) is 0 Å². The highest BCUT2D eigenvalue weighted by molar-refractivity contribution is 6.42. The lowest BCUT2D eigenvalue weighted by Gasteiger charge is -2.15.